The van der Waals surface area contributed by atoms with Crippen LogP contribution in [0.4, 0.5) is 0 Å². The molecule has 6 rings (SSSR count). The quantitative estimate of drug-likeness (QED) is 0.0349. The first-order valence-corrected chi connectivity index (χ1v) is 22.4. The predicted octanol–water partition coefficient (Wildman–Crippen LogP) is -1.24. The average molecular weight is 1260 g/mol. The van der Waals surface area contributed by atoms with Gasteiger partial charge in [0.1, 0.15) is 15.7 Å². The van der Waals surface area contributed by atoms with Crippen molar-refractivity contribution in [1.82, 2.24) is 15.0 Å². The molecular formula is C39H46Br3Cl2ILiMgMnN3O11. The molecule has 0 saturated heterocycles. The van der Waals surface area contributed by atoms with Gasteiger partial charge in [0, 0.05) is 49.8 Å². The van der Waals surface area contributed by atoms with Gasteiger partial charge in [-0.2, -0.15) is 13.8 Å². The number of nitrogens with zero attached hydrogens (tertiary/aromatic N) is 3. The van der Waals surface area contributed by atoms with Gasteiger partial charge in [-0.1, -0.05) is 0 Å². The zero-order valence-electron chi connectivity index (χ0n) is 34.9. The van der Waals surface area contributed by atoms with Gasteiger partial charge >= 0.3 is 82.3 Å². The van der Waals surface area contributed by atoms with Crippen LogP contribution in [0, 0.1) is 45.6 Å². The van der Waals surface area contributed by atoms with Gasteiger partial charge in [0.15, 0.2) is 5.78 Å². The van der Waals surface area contributed by atoms with Crippen molar-refractivity contribution in [2.24, 2.45) is 35.5 Å². The van der Waals surface area contributed by atoms with Gasteiger partial charge in [-0.15, -0.1) is 0 Å². The third-order valence-electron chi connectivity index (χ3n) is 7.88. The molecule has 3 saturated carbocycles. The normalized spacial score (nSPS) is 19.1. The maximum atomic E-state index is 12.0. The van der Waals surface area contributed by atoms with Crippen molar-refractivity contribution in [2.75, 3.05) is 19.8 Å². The number of aliphatic hydroxyl groups excluding tert-OH is 1. The van der Waals surface area contributed by atoms with Crippen molar-refractivity contribution >= 4 is 123 Å². The molecule has 3 aliphatic rings. The van der Waals surface area contributed by atoms with Crippen LogP contribution in [0.3, 0.4) is 0 Å². The van der Waals surface area contributed by atoms with Gasteiger partial charge in [0.05, 0.1) is 49.4 Å². The Morgan fingerprint density at radius 3 is 1.56 bits per heavy atom. The third-order valence-corrected chi connectivity index (χ3v) is 9.92. The fourth-order valence-corrected chi connectivity index (χ4v) is 5.84. The van der Waals surface area contributed by atoms with Gasteiger partial charge in [0.2, 0.25) is 0 Å². The maximum absolute atomic E-state index is 12.0. The molecule has 0 aliphatic heterocycles. The molecule has 7 unspecified atom stereocenters. The molecular weight excluding hydrogens is 1210 g/mol. The summed E-state index contributed by atoms with van der Waals surface area (Å²) in [6.07, 6.45) is 9.08. The number of rotatable bonds is 11. The van der Waals surface area contributed by atoms with Crippen molar-refractivity contribution in [2.45, 2.75) is 60.0 Å². The number of esters is 3. The van der Waals surface area contributed by atoms with Crippen LogP contribution in [0.5, 0.6) is 0 Å². The monoisotopic (exact) mass is 1250 g/mol. The van der Waals surface area contributed by atoms with Crippen LogP contribution in [0.15, 0.2) is 68.4 Å². The van der Waals surface area contributed by atoms with E-state index in [1.165, 1.54) is 0 Å². The number of carbonyl (C=O) groups is 5. The second-order valence-electron chi connectivity index (χ2n) is 12.4. The molecule has 0 radical (unpaired) electrons. The van der Waals surface area contributed by atoms with Crippen LogP contribution in [0.1, 0.15) is 76.2 Å². The molecule has 1 N–H and O–H groups in total. The average Bonchev–Trinajstić information content (AvgIpc) is 4.08. The standard InChI is InChI=1S/C12H14BrNO3.C12H12BrNO3.C7H10O3.C5H3BrIN.C3H7.2ClH.Li.Mg.Mn.2O/c2*1-2-17-12(16)9-5-8(9)11(15)10-4-3-7(13)6-14-10;1-2-10-7(9)6-3-5(6)4-8;6-4-1-2-5(7)8-3-4;1-3-2;;;;;;;/h3-4,6,8-9,11,15H,2,5H2,1H3;3-4,6,8-9H,2,5H2,1H3;4-6H,2-3H2,1H3;1-3H;3H,1-2H3;2*1H;;;;;/q;;;;-1;;;+1;+2;;;/p-2. The molecule has 14 nitrogen and oxygen atoms in total. The van der Waals surface area contributed by atoms with Crippen LogP contribution < -0.4 is 43.7 Å². The fourth-order valence-electron chi connectivity index (χ4n) is 4.81. The topological polar surface area (TPSA) is 206 Å². The molecule has 0 bridgehead atoms. The Hall–Kier alpha value is -0.607. The first kappa shape index (κ1) is 68.0. The van der Waals surface area contributed by atoms with Crippen LogP contribution in [0.25, 0.3) is 0 Å². The van der Waals surface area contributed by atoms with E-state index in [1.54, 1.807) is 57.6 Å². The van der Waals surface area contributed by atoms with E-state index < -0.39 is 20.9 Å². The van der Waals surface area contributed by atoms with Gasteiger partial charge in [-0.3, -0.25) is 29.1 Å². The Morgan fingerprint density at radius 1 is 0.758 bits per heavy atom. The molecule has 0 aromatic carbocycles. The molecule has 0 spiro atoms. The zero-order valence-corrected chi connectivity index (χ0v) is 45.9. The summed E-state index contributed by atoms with van der Waals surface area (Å²) in [5, 5.41) is 10.1. The van der Waals surface area contributed by atoms with Crippen molar-refractivity contribution in [1.29, 1.82) is 0 Å². The fraction of sp³-hybridized carbons (Fsp3) is 0.462. The van der Waals surface area contributed by atoms with Crippen molar-refractivity contribution in [3.05, 3.63) is 89.9 Å². The number of halogens is 6. The van der Waals surface area contributed by atoms with E-state index in [0.29, 0.717) is 50.5 Å². The van der Waals surface area contributed by atoms with E-state index in [2.05, 4.69) is 85.3 Å². The second-order valence-corrected chi connectivity index (χ2v) is 16.4. The molecule has 3 fully saturated rings. The summed E-state index contributed by atoms with van der Waals surface area (Å²) in [5.74, 6) is -1.71. The molecule has 23 heteroatoms. The second kappa shape index (κ2) is 38.5. The summed E-state index contributed by atoms with van der Waals surface area (Å²) in [6.45, 7) is 10.4. The van der Waals surface area contributed by atoms with E-state index in [0.717, 1.165) is 23.4 Å². The number of hydrogen-bond acceptors (Lipinski definition) is 14. The van der Waals surface area contributed by atoms with E-state index in [1.807, 2.05) is 38.5 Å². The number of aliphatic hydroxyl groups is 1. The van der Waals surface area contributed by atoms with Gasteiger partial charge in [-0.05, 0) is 147 Å². The summed E-state index contributed by atoms with van der Waals surface area (Å²) in [5.41, 5.74) is 1.01. The number of aldehydes is 1. The van der Waals surface area contributed by atoms with Crippen molar-refractivity contribution in [3.8, 4) is 0 Å². The van der Waals surface area contributed by atoms with E-state index in [4.69, 9.17) is 21.9 Å². The number of pyridine rings is 3. The molecule has 7 atom stereocenters. The first-order valence-electron chi connectivity index (χ1n) is 18.0. The number of carbonyl (C=O) groups excluding carboxylic acids is 5. The molecule has 0 amide bonds. The van der Waals surface area contributed by atoms with Crippen LogP contribution in [-0.4, -0.2) is 92.9 Å². The number of hydrogen-bond donors (Lipinski definition) is 1. The molecule has 62 heavy (non-hydrogen) atoms. The molecule has 3 aliphatic carbocycles. The zero-order chi connectivity index (χ0) is 43.8. The Bertz CT molecular complexity index is 1780. The number of Topliss-reactive ketones (excluding diaryl/α,β-unsaturated/α-hetero) is 1. The van der Waals surface area contributed by atoms with Gasteiger partial charge in [0.25, 0.3) is 0 Å². The van der Waals surface area contributed by atoms with E-state index in [9.17, 15) is 29.1 Å². The molecule has 335 valence electrons. The molecule has 3 aromatic heterocycles. The number of ketones is 1. The summed E-state index contributed by atoms with van der Waals surface area (Å²) in [7, 11) is 0. The van der Waals surface area contributed by atoms with Crippen molar-refractivity contribution < 1.29 is 109 Å². The molecule has 3 heterocycles. The van der Waals surface area contributed by atoms with Gasteiger partial charge < -0.3 is 55.3 Å². The SMILES string of the molecule is Brc1ccc(I)nc1.CCOC(=O)C1CC1C(=O)c1ccc(Br)cn1.CCOC(=O)C1CC1C(O)c1ccc(Br)cn1.CCOC(=O)C1CC1C=O.C[CH-]C.[Cl-].[Cl-].[Li+].[Mg+2].[O]=[Mn]=[O]. The van der Waals surface area contributed by atoms with E-state index in [-0.39, 0.29) is 126 Å². The minimum absolute atomic E-state index is 0. The van der Waals surface area contributed by atoms with Crippen LogP contribution >= 0.6 is 70.4 Å². The molecule has 3 aromatic rings. The van der Waals surface area contributed by atoms with Crippen LogP contribution in [-0.2, 0) is 55.9 Å². The Kier molecular flexibility index (Phi) is 42.2. The summed E-state index contributed by atoms with van der Waals surface area (Å²) in [4.78, 5) is 67.9. The first-order chi connectivity index (χ1) is 27.7. The predicted molar refractivity (Wildman–Crippen MR) is 231 cm³/mol. The van der Waals surface area contributed by atoms with Gasteiger partial charge in [-0.25, -0.2) is 4.98 Å². The van der Waals surface area contributed by atoms with Crippen molar-refractivity contribution in [3.63, 3.8) is 0 Å². The summed E-state index contributed by atoms with van der Waals surface area (Å²) < 4.78 is 35.1. The Labute approximate surface area is 448 Å². The number of ether oxygens (including phenoxy) is 3. The number of aromatic nitrogens is 3. The third kappa shape index (κ3) is 27.1. The van der Waals surface area contributed by atoms with E-state index >= 15 is 0 Å². The van der Waals surface area contributed by atoms with Crippen LogP contribution in [0.2, 0.25) is 0 Å². The Balaban J connectivity index is -0.000000350. The summed E-state index contributed by atoms with van der Waals surface area (Å²) >= 11 is 10.5. The summed E-state index contributed by atoms with van der Waals surface area (Å²) in [6, 6.07) is 10.9. The minimum atomic E-state index is -1.44. The Morgan fingerprint density at radius 2 is 1.19 bits per heavy atom.